The van der Waals surface area contributed by atoms with Gasteiger partial charge in [-0.25, -0.2) is 8.42 Å². The number of carbonyl (C=O) groups is 1. The first-order valence-electron chi connectivity index (χ1n) is 6.39. The summed E-state index contributed by atoms with van der Waals surface area (Å²) in [6.07, 6.45) is 0.564. The first kappa shape index (κ1) is 15.0. The smallest absolute Gasteiger partial charge is 0.307 e. The summed E-state index contributed by atoms with van der Waals surface area (Å²) in [7, 11) is -3.52. The first-order chi connectivity index (χ1) is 9.50. The van der Waals surface area contributed by atoms with Crippen molar-refractivity contribution in [2.24, 2.45) is 0 Å². The van der Waals surface area contributed by atoms with E-state index >= 15 is 0 Å². The summed E-state index contributed by atoms with van der Waals surface area (Å²) in [5.74, 6) is -0.940. The van der Waals surface area contributed by atoms with E-state index in [1.54, 1.807) is 0 Å². The van der Waals surface area contributed by atoms with Crippen molar-refractivity contribution in [2.45, 2.75) is 17.7 Å². The number of hydrogen-bond donors (Lipinski definition) is 1. The number of ether oxygens (including phenoxy) is 1. The summed E-state index contributed by atoms with van der Waals surface area (Å²) < 4.78 is 31.5. The lowest BCUT2D eigenvalue weighted by molar-refractivity contribution is -0.136. The van der Waals surface area contributed by atoms with Crippen LogP contribution in [0.1, 0.15) is 12.0 Å². The minimum atomic E-state index is -3.52. The Balaban J connectivity index is 2.18. The fraction of sp³-hybridized carbons (Fsp3) is 0.462. The maximum absolute atomic E-state index is 12.4. The predicted octanol–water partition coefficient (Wildman–Crippen LogP) is 0.725. The maximum atomic E-state index is 12.4. The van der Waals surface area contributed by atoms with Crippen LogP contribution in [-0.4, -0.2) is 50.1 Å². The van der Waals surface area contributed by atoms with Crippen molar-refractivity contribution in [3.8, 4) is 0 Å². The molecule has 2 rings (SSSR count). The molecule has 0 aromatic heterocycles. The minimum Gasteiger partial charge on any atom is -0.481 e. The second-order valence-electron chi connectivity index (χ2n) is 4.58. The fourth-order valence-electron chi connectivity index (χ4n) is 2.07. The molecular formula is C13H17NO5S. The molecule has 1 aliphatic heterocycles. The van der Waals surface area contributed by atoms with Crippen LogP contribution in [0.25, 0.3) is 0 Å². The summed E-state index contributed by atoms with van der Waals surface area (Å²) in [6, 6.07) is 5.99. The molecule has 1 aliphatic rings. The van der Waals surface area contributed by atoms with Crippen molar-refractivity contribution in [3.63, 3.8) is 0 Å². The molecule has 0 amide bonds. The van der Waals surface area contributed by atoms with Crippen LogP contribution in [0.2, 0.25) is 0 Å². The molecule has 110 valence electrons. The van der Waals surface area contributed by atoms with Crippen LogP contribution in [0.15, 0.2) is 29.2 Å². The summed E-state index contributed by atoms with van der Waals surface area (Å²) in [5, 5.41) is 8.69. The molecule has 0 aliphatic carbocycles. The average molecular weight is 299 g/mol. The molecule has 20 heavy (non-hydrogen) atoms. The van der Waals surface area contributed by atoms with E-state index in [1.807, 2.05) is 0 Å². The van der Waals surface area contributed by atoms with Crippen LogP contribution in [0.4, 0.5) is 0 Å². The molecule has 1 N–H and O–H groups in total. The van der Waals surface area contributed by atoms with E-state index in [0.29, 0.717) is 38.3 Å². The molecule has 1 aromatic rings. The third-order valence-corrected chi connectivity index (χ3v) is 5.01. The Morgan fingerprint density at radius 3 is 2.55 bits per heavy atom. The van der Waals surface area contributed by atoms with Gasteiger partial charge in [0.1, 0.15) is 0 Å². The Bertz CT molecular complexity index is 559. The first-order valence-corrected chi connectivity index (χ1v) is 7.83. The van der Waals surface area contributed by atoms with Crippen molar-refractivity contribution < 1.29 is 23.1 Å². The van der Waals surface area contributed by atoms with Crippen LogP contribution in [-0.2, 0) is 26.0 Å². The normalized spacial score (nSPS) is 17.6. The molecule has 1 saturated heterocycles. The minimum absolute atomic E-state index is 0.113. The summed E-state index contributed by atoms with van der Waals surface area (Å²) in [5.41, 5.74) is 0.579. The highest BCUT2D eigenvalue weighted by Gasteiger charge is 2.25. The number of rotatable bonds is 4. The van der Waals surface area contributed by atoms with Gasteiger partial charge in [0.15, 0.2) is 0 Å². The largest absolute Gasteiger partial charge is 0.481 e. The van der Waals surface area contributed by atoms with Gasteiger partial charge in [-0.05, 0) is 24.1 Å². The molecule has 0 unspecified atom stereocenters. The van der Waals surface area contributed by atoms with Gasteiger partial charge in [-0.3, -0.25) is 4.79 Å². The summed E-state index contributed by atoms with van der Waals surface area (Å²) in [4.78, 5) is 10.8. The lowest BCUT2D eigenvalue weighted by Gasteiger charge is -2.19. The number of sulfonamides is 1. The molecule has 7 heteroatoms. The molecule has 0 atom stereocenters. The van der Waals surface area contributed by atoms with Crippen LogP contribution in [0, 0.1) is 0 Å². The lowest BCUT2D eigenvalue weighted by atomic mass is 10.2. The van der Waals surface area contributed by atoms with Gasteiger partial charge in [-0.15, -0.1) is 0 Å². The van der Waals surface area contributed by atoms with E-state index in [9.17, 15) is 13.2 Å². The highest BCUT2D eigenvalue weighted by atomic mass is 32.2. The van der Waals surface area contributed by atoms with Crippen LogP contribution in [0.3, 0.4) is 0 Å². The van der Waals surface area contributed by atoms with E-state index in [4.69, 9.17) is 9.84 Å². The number of hydrogen-bond acceptors (Lipinski definition) is 4. The van der Waals surface area contributed by atoms with Gasteiger partial charge < -0.3 is 9.84 Å². The quantitative estimate of drug-likeness (QED) is 0.886. The SMILES string of the molecule is O=C(O)Cc1ccc(S(=O)(=O)N2CCCOCC2)cc1. The highest BCUT2D eigenvalue weighted by Crippen LogP contribution is 2.18. The molecule has 1 heterocycles. The van der Waals surface area contributed by atoms with Crippen molar-refractivity contribution in [2.75, 3.05) is 26.3 Å². The molecule has 0 bridgehead atoms. The second-order valence-corrected chi connectivity index (χ2v) is 6.52. The predicted molar refractivity (Wildman–Crippen MR) is 72.0 cm³/mol. The van der Waals surface area contributed by atoms with Gasteiger partial charge in [0.2, 0.25) is 10.0 Å². The molecule has 1 aromatic carbocycles. The second kappa shape index (κ2) is 6.34. The number of benzene rings is 1. The van der Waals surface area contributed by atoms with E-state index in [1.165, 1.54) is 28.6 Å². The average Bonchev–Trinajstić information content (AvgIpc) is 2.68. The summed E-state index contributed by atoms with van der Waals surface area (Å²) >= 11 is 0. The van der Waals surface area contributed by atoms with Crippen molar-refractivity contribution in [1.82, 2.24) is 4.31 Å². The Morgan fingerprint density at radius 1 is 1.20 bits per heavy atom. The number of carboxylic acids is 1. The standard InChI is InChI=1S/C13H17NO5S/c15-13(16)10-11-2-4-12(5-3-11)20(17,18)14-6-1-8-19-9-7-14/h2-5H,1,6-10H2,(H,15,16). The lowest BCUT2D eigenvalue weighted by Crippen LogP contribution is -2.33. The van der Waals surface area contributed by atoms with Crippen molar-refractivity contribution in [3.05, 3.63) is 29.8 Å². The van der Waals surface area contributed by atoms with Gasteiger partial charge in [0.25, 0.3) is 0 Å². The van der Waals surface area contributed by atoms with Crippen molar-refractivity contribution >= 4 is 16.0 Å². The monoisotopic (exact) mass is 299 g/mol. The molecule has 0 radical (unpaired) electrons. The third kappa shape index (κ3) is 3.56. The van der Waals surface area contributed by atoms with E-state index in [0.717, 1.165) is 0 Å². The zero-order valence-corrected chi connectivity index (χ0v) is 11.8. The Morgan fingerprint density at radius 2 is 1.90 bits per heavy atom. The van der Waals surface area contributed by atoms with Gasteiger partial charge in [0.05, 0.1) is 17.9 Å². The number of aliphatic carboxylic acids is 1. The third-order valence-electron chi connectivity index (χ3n) is 3.10. The number of nitrogens with zero attached hydrogens (tertiary/aromatic N) is 1. The molecule has 6 nitrogen and oxygen atoms in total. The van der Waals surface area contributed by atoms with Crippen LogP contribution < -0.4 is 0 Å². The molecule has 0 spiro atoms. The highest BCUT2D eigenvalue weighted by molar-refractivity contribution is 7.89. The Kier molecular flexibility index (Phi) is 4.74. The van der Waals surface area contributed by atoms with Gasteiger partial charge in [-0.1, -0.05) is 12.1 Å². The zero-order valence-electron chi connectivity index (χ0n) is 11.0. The Labute approximate surface area is 118 Å². The van der Waals surface area contributed by atoms with Gasteiger partial charge in [-0.2, -0.15) is 4.31 Å². The van der Waals surface area contributed by atoms with Crippen LogP contribution >= 0.6 is 0 Å². The van der Waals surface area contributed by atoms with E-state index in [2.05, 4.69) is 0 Å². The topological polar surface area (TPSA) is 83.9 Å². The fourth-order valence-corrected chi connectivity index (χ4v) is 3.53. The summed E-state index contributed by atoms with van der Waals surface area (Å²) in [6.45, 7) is 1.76. The van der Waals surface area contributed by atoms with Crippen LogP contribution in [0.5, 0.6) is 0 Å². The van der Waals surface area contributed by atoms with Gasteiger partial charge >= 0.3 is 5.97 Å². The molecule has 1 fully saturated rings. The van der Waals surface area contributed by atoms with E-state index in [-0.39, 0.29) is 11.3 Å². The number of carboxylic acid groups (broad SMARTS) is 1. The Hall–Kier alpha value is -1.44. The molecular weight excluding hydrogens is 282 g/mol. The zero-order chi connectivity index (χ0) is 14.6. The van der Waals surface area contributed by atoms with Gasteiger partial charge in [0, 0.05) is 19.7 Å². The van der Waals surface area contributed by atoms with E-state index < -0.39 is 16.0 Å². The molecule has 0 saturated carbocycles. The maximum Gasteiger partial charge on any atom is 0.307 e. The van der Waals surface area contributed by atoms with Crippen molar-refractivity contribution in [1.29, 1.82) is 0 Å².